The molecular formula is C2H4BN3O2S. The van der Waals surface area contributed by atoms with Crippen molar-refractivity contribution in [2.24, 2.45) is 0 Å². The quantitative estimate of drug-likeness (QED) is 0.386. The van der Waals surface area contributed by atoms with Crippen LogP contribution in [0.25, 0.3) is 0 Å². The van der Waals surface area contributed by atoms with Gasteiger partial charge in [-0.15, -0.1) is 0 Å². The summed E-state index contributed by atoms with van der Waals surface area (Å²) in [7, 11) is 1.56. The molecule has 1 aromatic heterocycles. The van der Waals surface area contributed by atoms with Gasteiger partial charge in [0.2, 0.25) is 13.8 Å². The maximum atomic E-state index is 10.4. The summed E-state index contributed by atoms with van der Waals surface area (Å²) < 4.78 is 17.0. The second kappa shape index (κ2) is 2.20. The molecule has 1 heterocycles. The molecule has 1 unspecified atom stereocenters. The van der Waals surface area contributed by atoms with Crippen LogP contribution in [0.1, 0.15) is 0 Å². The van der Waals surface area contributed by atoms with Crippen LogP contribution in [0.4, 0.5) is 5.82 Å². The lowest BCUT2D eigenvalue weighted by Gasteiger charge is -1.84. The van der Waals surface area contributed by atoms with E-state index in [1.54, 1.807) is 7.98 Å². The summed E-state index contributed by atoms with van der Waals surface area (Å²) in [6, 6.07) is 0. The fraction of sp³-hybridized carbons (Fsp3) is 0. The molecule has 0 aliphatic rings. The van der Waals surface area contributed by atoms with Crippen molar-refractivity contribution in [3.63, 3.8) is 0 Å². The van der Waals surface area contributed by atoms with Gasteiger partial charge in [-0.2, -0.15) is 0 Å². The minimum atomic E-state index is -1.62. The predicted molar refractivity (Wildman–Crippen MR) is 34.5 cm³/mol. The van der Waals surface area contributed by atoms with Crippen LogP contribution in [0.15, 0.2) is 0 Å². The summed E-state index contributed by atoms with van der Waals surface area (Å²) in [5.41, 5.74) is 0. The monoisotopic (exact) mass is 145 g/mol. The summed E-state index contributed by atoms with van der Waals surface area (Å²) in [5, 5.41) is 11.2. The van der Waals surface area contributed by atoms with Gasteiger partial charge in [0.05, 0.1) is 0 Å². The van der Waals surface area contributed by atoms with E-state index >= 15 is 0 Å². The highest BCUT2D eigenvalue weighted by atomic mass is 32.2. The highest BCUT2D eigenvalue weighted by Gasteiger charge is 2.10. The first-order valence-electron chi connectivity index (χ1n) is 2.20. The molecule has 1 rings (SSSR count). The van der Waals surface area contributed by atoms with E-state index in [1.165, 1.54) is 0 Å². The highest BCUT2D eigenvalue weighted by Crippen LogP contribution is 2.21. The predicted octanol–water partition coefficient (Wildman–Crippen LogP) is -1.13. The molecule has 0 aliphatic heterocycles. The van der Waals surface area contributed by atoms with Crippen molar-refractivity contribution in [1.29, 1.82) is 0 Å². The standard InChI is InChI=1S/C2H4BN3O2S/c3-4-1-2(7)6-9(8)5-1/h3H2,(H,4,5)(H,6,7). The molecule has 0 aromatic carbocycles. The molecule has 1 aromatic rings. The number of nitrogens with one attached hydrogen (secondary N) is 1. The Morgan fingerprint density at radius 3 is 2.56 bits per heavy atom. The third kappa shape index (κ3) is 1.11. The maximum absolute atomic E-state index is 10.4. The molecule has 1 atom stereocenters. The van der Waals surface area contributed by atoms with Crippen LogP contribution < -0.4 is 5.23 Å². The summed E-state index contributed by atoms with van der Waals surface area (Å²) >= 11 is -1.62. The van der Waals surface area contributed by atoms with Crippen molar-refractivity contribution in [2.45, 2.75) is 0 Å². The van der Waals surface area contributed by atoms with Gasteiger partial charge < -0.3 is 14.9 Å². The van der Waals surface area contributed by atoms with Crippen molar-refractivity contribution in [3.8, 4) is 5.88 Å². The average Bonchev–Trinajstić information content (AvgIpc) is 2.10. The lowest BCUT2D eigenvalue weighted by Crippen LogP contribution is -1.89. The van der Waals surface area contributed by atoms with Crippen LogP contribution in [0.2, 0.25) is 0 Å². The number of aromatic hydroxyl groups is 1. The van der Waals surface area contributed by atoms with Crippen molar-refractivity contribution >= 4 is 24.9 Å². The van der Waals surface area contributed by atoms with E-state index in [-0.39, 0.29) is 11.7 Å². The first-order chi connectivity index (χ1) is 4.24. The van der Waals surface area contributed by atoms with Crippen molar-refractivity contribution in [2.75, 3.05) is 5.23 Å². The summed E-state index contributed by atoms with van der Waals surface area (Å²) in [4.78, 5) is 0. The Kier molecular flexibility index (Phi) is 1.54. The average molecular weight is 145 g/mol. The van der Waals surface area contributed by atoms with Gasteiger partial charge in [0, 0.05) is 8.75 Å². The lowest BCUT2D eigenvalue weighted by molar-refractivity contribution is 0.460. The minimum Gasteiger partial charge on any atom is -0.546 e. The first-order valence-corrected chi connectivity index (χ1v) is 3.27. The number of hydrogen-bond donors (Lipinski definition) is 2. The number of aromatic nitrogens is 2. The van der Waals surface area contributed by atoms with Gasteiger partial charge in [-0.3, -0.25) is 0 Å². The highest BCUT2D eigenvalue weighted by molar-refractivity contribution is 7.14. The molecule has 2 N–H and O–H groups in total. The number of hydrogen-bond acceptors (Lipinski definition) is 5. The molecule has 5 nitrogen and oxygen atoms in total. The summed E-state index contributed by atoms with van der Waals surface area (Å²) in [5.74, 6) is -0.121. The Balaban J connectivity index is 3.01. The maximum Gasteiger partial charge on any atom is 0.314 e. The van der Waals surface area contributed by atoms with Crippen molar-refractivity contribution in [3.05, 3.63) is 0 Å². The molecule has 0 amide bonds. The molecule has 0 saturated carbocycles. The van der Waals surface area contributed by atoms with Gasteiger partial charge in [0.25, 0.3) is 0 Å². The second-order valence-corrected chi connectivity index (χ2v) is 2.16. The van der Waals surface area contributed by atoms with E-state index in [9.17, 15) is 4.55 Å². The van der Waals surface area contributed by atoms with Gasteiger partial charge in [-0.25, -0.2) is 0 Å². The van der Waals surface area contributed by atoms with E-state index in [4.69, 9.17) is 5.11 Å². The zero-order valence-corrected chi connectivity index (χ0v) is 5.47. The molecular weight excluding hydrogens is 141 g/mol. The molecule has 48 valence electrons. The molecule has 0 fully saturated rings. The third-order valence-electron chi connectivity index (χ3n) is 0.783. The fourth-order valence-corrected chi connectivity index (χ4v) is 1.02. The molecule has 7 heteroatoms. The second-order valence-electron chi connectivity index (χ2n) is 1.34. The number of anilines is 1. The topological polar surface area (TPSA) is 81.1 Å². The van der Waals surface area contributed by atoms with Gasteiger partial charge >= 0.3 is 5.88 Å². The van der Waals surface area contributed by atoms with Crippen LogP contribution in [0.5, 0.6) is 5.88 Å². The zero-order valence-electron chi connectivity index (χ0n) is 4.66. The van der Waals surface area contributed by atoms with Crippen LogP contribution in [-0.4, -0.2) is 26.4 Å². The van der Waals surface area contributed by atoms with E-state index in [1.807, 2.05) is 0 Å². The van der Waals surface area contributed by atoms with E-state index in [0.29, 0.717) is 0 Å². The Labute approximate surface area is 55.3 Å². The van der Waals surface area contributed by atoms with Crippen LogP contribution in [0, 0.1) is 0 Å². The number of rotatable bonds is 1. The smallest absolute Gasteiger partial charge is 0.314 e. The third-order valence-corrected chi connectivity index (χ3v) is 1.45. The molecule has 0 aliphatic carbocycles. The zero-order chi connectivity index (χ0) is 6.85. The number of nitrogens with zero attached hydrogens (tertiary/aromatic N) is 2. The summed E-state index contributed by atoms with van der Waals surface area (Å²) in [6.45, 7) is 0. The van der Waals surface area contributed by atoms with E-state index in [0.717, 1.165) is 0 Å². The SMILES string of the molecule is BNc1n[s+]([O-])nc1O. The first kappa shape index (κ1) is 6.31. The van der Waals surface area contributed by atoms with Gasteiger partial charge in [-0.1, -0.05) is 0 Å². The van der Waals surface area contributed by atoms with Crippen molar-refractivity contribution < 1.29 is 9.66 Å². The molecule has 0 bridgehead atoms. The van der Waals surface area contributed by atoms with Crippen LogP contribution in [0.3, 0.4) is 0 Å². The Bertz CT molecular complexity index is 214. The Morgan fingerprint density at radius 1 is 1.67 bits per heavy atom. The van der Waals surface area contributed by atoms with Gasteiger partial charge in [0.15, 0.2) is 11.1 Å². The van der Waals surface area contributed by atoms with Crippen molar-refractivity contribution in [1.82, 2.24) is 8.75 Å². The molecule has 0 saturated heterocycles. The lowest BCUT2D eigenvalue weighted by atomic mass is 10.4. The normalized spacial score (nSPS) is 11.4. The Morgan fingerprint density at radius 2 is 2.33 bits per heavy atom. The summed E-state index contributed by atoms with van der Waals surface area (Å²) in [6.07, 6.45) is 0. The minimum absolute atomic E-state index is 0.174. The van der Waals surface area contributed by atoms with E-state index < -0.39 is 11.1 Å². The molecule has 9 heavy (non-hydrogen) atoms. The van der Waals surface area contributed by atoms with Gasteiger partial charge in [0.1, 0.15) is 0 Å². The van der Waals surface area contributed by atoms with Crippen LogP contribution >= 0.6 is 11.1 Å². The molecule has 0 radical (unpaired) electrons. The Hall–Kier alpha value is -0.815. The van der Waals surface area contributed by atoms with Gasteiger partial charge in [-0.05, 0) is 0 Å². The fourth-order valence-electron chi connectivity index (χ4n) is 0.414. The molecule has 0 spiro atoms. The van der Waals surface area contributed by atoms with Crippen LogP contribution in [-0.2, 0) is 0 Å². The largest absolute Gasteiger partial charge is 0.546 e. The van der Waals surface area contributed by atoms with E-state index in [2.05, 4.69) is 14.0 Å².